The fourth-order valence-corrected chi connectivity index (χ4v) is 1.76. The Kier molecular flexibility index (Phi) is 5.45. The Morgan fingerprint density at radius 2 is 2.17 bits per heavy atom. The number of nitrogens with two attached hydrogens (primary N) is 1. The van der Waals surface area contributed by atoms with Gasteiger partial charge in [0, 0.05) is 24.7 Å². The van der Waals surface area contributed by atoms with E-state index in [1.54, 1.807) is 7.11 Å². The Hall–Kier alpha value is -1.75. The van der Waals surface area contributed by atoms with Crippen LogP contribution in [0, 0.1) is 6.92 Å². The zero-order chi connectivity index (χ0) is 13.5. The molecule has 1 unspecified atom stereocenters. The predicted molar refractivity (Wildman–Crippen MR) is 71.7 cm³/mol. The van der Waals surface area contributed by atoms with E-state index in [9.17, 15) is 4.79 Å². The Morgan fingerprint density at radius 3 is 2.78 bits per heavy atom. The minimum Gasteiger partial charge on any atom is -0.496 e. The first-order valence-corrected chi connectivity index (χ1v) is 5.96. The summed E-state index contributed by atoms with van der Waals surface area (Å²) < 4.78 is 5.36. The van der Waals surface area contributed by atoms with Crippen molar-refractivity contribution in [3.63, 3.8) is 0 Å². The Bertz CT molecular complexity index is 407. The van der Waals surface area contributed by atoms with Gasteiger partial charge < -0.3 is 21.1 Å². The average Bonchev–Trinajstić information content (AvgIpc) is 2.33. The molecule has 0 aliphatic carbocycles. The number of amides is 2. The van der Waals surface area contributed by atoms with Gasteiger partial charge in [-0.25, -0.2) is 4.79 Å². The second kappa shape index (κ2) is 6.86. The van der Waals surface area contributed by atoms with E-state index in [4.69, 9.17) is 10.5 Å². The minimum absolute atomic E-state index is 0.148. The summed E-state index contributed by atoms with van der Waals surface area (Å²) in [5.41, 5.74) is 7.25. The molecule has 4 N–H and O–H groups in total. The lowest BCUT2D eigenvalue weighted by Crippen LogP contribution is -2.36. The Morgan fingerprint density at radius 1 is 1.44 bits per heavy atom. The van der Waals surface area contributed by atoms with Gasteiger partial charge in [0.1, 0.15) is 5.75 Å². The van der Waals surface area contributed by atoms with Gasteiger partial charge in [0.25, 0.3) is 0 Å². The maximum absolute atomic E-state index is 10.5. The van der Waals surface area contributed by atoms with E-state index in [-0.39, 0.29) is 6.04 Å². The second-order valence-corrected chi connectivity index (χ2v) is 4.21. The zero-order valence-corrected chi connectivity index (χ0v) is 11.1. The van der Waals surface area contributed by atoms with Crippen LogP contribution in [0.2, 0.25) is 0 Å². The van der Waals surface area contributed by atoms with Crippen molar-refractivity contribution in [2.24, 2.45) is 5.73 Å². The number of hydrogen-bond acceptors (Lipinski definition) is 3. The second-order valence-electron chi connectivity index (χ2n) is 4.21. The van der Waals surface area contributed by atoms with Gasteiger partial charge in [0.2, 0.25) is 0 Å². The fourth-order valence-electron chi connectivity index (χ4n) is 1.76. The molecule has 1 aromatic carbocycles. The molecule has 100 valence electrons. The number of methoxy groups -OCH3 is 1. The van der Waals surface area contributed by atoms with Crippen LogP contribution in [-0.2, 0) is 0 Å². The molecule has 1 atom stereocenters. The van der Waals surface area contributed by atoms with E-state index in [0.717, 1.165) is 16.9 Å². The standard InChI is InChI=1S/C13H21N3O2/c1-9-4-5-11(12(8-9)18-3)10(2)15-6-7-16-13(14)17/h4-5,8,10,15H,6-7H2,1-3H3,(H3,14,16,17). The number of urea groups is 1. The lowest BCUT2D eigenvalue weighted by Gasteiger charge is -2.17. The maximum Gasteiger partial charge on any atom is 0.312 e. The van der Waals surface area contributed by atoms with Crippen molar-refractivity contribution in [1.29, 1.82) is 0 Å². The molecule has 0 bridgehead atoms. The molecule has 1 rings (SSSR count). The number of primary amides is 1. The van der Waals surface area contributed by atoms with E-state index in [0.29, 0.717) is 13.1 Å². The van der Waals surface area contributed by atoms with Crippen LogP contribution in [0.4, 0.5) is 4.79 Å². The lowest BCUT2D eigenvalue weighted by atomic mass is 10.0. The molecule has 0 aromatic heterocycles. The first-order valence-electron chi connectivity index (χ1n) is 5.96. The minimum atomic E-state index is -0.502. The van der Waals surface area contributed by atoms with Gasteiger partial charge >= 0.3 is 6.03 Å². The smallest absolute Gasteiger partial charge is 0.312 e. The van der Waals surface area contributed by atoms with Crippen LogP contribution in [-0.4, -0.2) is 26.2 Å². The summed E-state index contributed by atoms with van der Waals surface area (Å²) in [5, 5.41) is 5.83. The van der Waals surface area contributed by atoms with E-state index in [1.165, 1.54) is 0 Å². The number of nitrogens with one attached hydrogen (secondary N) is 2. The average molecular weight is 251 g/mol. The zero-order valence-electron chi connectivity index (χ0n) is 11.1. The first kappa shape index (κ1) is 14.3. The summed E-state index contributed by atoms with van der Waals surface area (Å²) in [6, 6.07) is 5.76. The maximum atomic E-state index is 10.5. The fraction of sp³-hybridized carbons (Fsp3) is 0.462. The van der Waals surface area contributed by atoms with E-state index < -0.39 is 6.03 Å². The highest BCUT2D eigenvalue weighted by Crippen LogP contribution is 2.25. The number of carbonyl (C=O) groups excluding carboxylic acids is 1. The van der Waals surface area contributed by atoms with Gasteiger partial charge in [0.15, 0.2) is 0 Å². The van der Waals surface area contributed by atoms with Crippen LogP contribution in [0.15, 0.2) is 18.2 Å². The third kappa shape index (κ3) is 4.25. The Balaban J connectivity index is 2.55. The summed E-state index contributed by atoms with van der Waals surface area (Å²) >= 11 is 0. The highest BCUT2D eigenvalue weighted by Gasteiger charge is 2.10. The molecule has 0 radical (unpaired) electrons. The van der Waals surface area contributed by atoms with Crippen LogP contribution in [0.5, 0.6) is 5.75 Å². The van der Waals surface area contributed by atoms with E-state index in [1.807, 2.05) is 19.1 Å². The highest BCUT2D eigenvalue weighted by molar-refractivity contribution is 5.71. The summed E-state index contributed by atoms with van der Waals surface area (Å²) in [5.74, 6) is 0.873. The summed E-state index contributed by atoms with van der Waals surface area (Å²) in [6.07, 6.45) is 0. The van der Waals surface area contributed by atoms with Gasteiger partial charge in [-0.3, -0.25) is 0 Å². The van der Waals surface area contributed by atoms with Crippen molar-refractivity contribution in [3.8, 4) is 5.75 Å². The third-order valence-electron chi connectivity index (χ3n) is 2.73. The topological polar surface area (TPSA) is 76.4 Å². The van der Waals surface area contributed by atoms with E-state index in [2.05, 4.69) is 23.6 Å². The molecular weight excluding hydrogens is 230 g/mol. The van der Waals surface area contributed by atoms with E-state index >= 15 is 0 Å². The van der Waals surface area contributed by atoms with Crippen molar-refractivity contribution in [2.45, 2.75) is 19.9 Å². The number of carbonyl (C=O) groups is 1. The molecule has 5 heteroatoms. The largest absolute Gasteiger partial charge is 0.496 e. The SMILES string of the molecule is COc1cc(C)ccc1C(C)NCCNC(N)=O. The highest BCUT2D eigenvalue weighted by atomic mass is 16.5. The molecule has 1 aromatic rings. The molecule has 0 saturated heterocycles. The van der Waals surface area contributed by atoms with Gasteiger partial charge in [0.05, 0.1) is 7.11 Å². The lowest BCUT2D eigenvalue weighted by molar-refractivity contribution is 0.249. The van der Waals surface area contributed by atoms with Crippen LogP contribution in [0.3, 0.4) is 0 Å². The third-order valence-corrected chi connectivity index (χ3v) is 2.73. The van der Waals surface area contributed by atoms with Crippen molar-refractivity contribution in [1.82, 2.24) is 10.6 Å². The molecule has 0 heterocycles. The first-order chi connectivity index (χ1) is 8.54. The normalized spacial score (nSPS) is 11.9. The van der Waals surface area contributed by atoms with Crippen LogP contribution >= 0.6 is 0 Å². The van der Waals surface area contributed by atoms with Crippen LogP contribution < -0.4 is 21.1 Å². The number of rotatable bonds is 6. The van der Waals surface area contributed by atoms with Gasteiger partial charge in [-0.05, 0) is 25.5 Å². The van der Waals surface area contributed by atoms with Gasteiger partial charge in [-0.2, -0.15) is 0 Å². The van der Waals surface area contributed by atoms with Crippen LogP contribution in [0.1, 0.15) is 24.1 Å². The van der Waals surface area contributed by atoms with Crippen molar-refractivity contribution in [3.05, 3.63) is 29.3 Å². The Labute approximate surface area is 108 Å². The molecule has 2 amide bonds. The molecular formula is C13H21N3O2. The summed E-state index contributed by atoms with van der Waals surface area (Å²) in [4.78, 5) is 10.5. The summed E-state index contributed by atoms with van der Waals surface area (Å²) in [7, 11) is 1.67. The monoisotopic (exact) mass is 251 g/mol. The van der Waals surface area contributed by atoms with Gasteiger partial charge in [-0.15, -0.1) is 0 Å². The predicted octanol–water partition coefficient (Wildman–Crippen LogP) is 1.32. The van der Waals surface area contributed by atoms with Crippen molar-refractivity contribution < 1.29 is 9.53 Å². The number of aryl methyl sites for hydroxylation is 1. The molecule has 0 aliphatic heterocycles. The number of benzene rings is 1. The molecule has 0 aliphatic rings. The van der Waals surface area contributed by atoms with Crippen molar-refractivity contribution in [2.75, 3.05) is 20.2 Å². The molecule has 0 spiro atoms. The quantitative estimate of drug-likeness (QED) is 0.667. The molecule has 18 heavy (non-hydrogen) atoms. The summed E-state index contributed by atoms with van der Waals surface area (Å²) in [6.45, 7) is 5.24. The molecule has 0 fully saturated rings. The molecule has 5 nitrogen and oxygen atoms in total. The molecule has 0 saturated carbocycles. The van der Waals surface area contributed by atoms with Crippen molar-refractivity contribution >= 4 is 6.03 Å². The van der Waals surface area contributed by atoms with Gasteiger partial charge in [-0.1, -0.05) is 12.1 Å². The number of ether oxygens (including phenoxy) is 1. The number of hydrogen-bond donors (Lipinski definition) is 3. The van der Waals surface area contributed by atoms with Crippen LogP contribution in [0.25, 0.3) is 0 Å².